The lowest BCUT2D eigenvalue weighted by Gasteiger charge is -2.09. The van der Waals surface area contributed by atoms with Crippen molar-refractivity contribution in [3.63, 3.8) is 0 Å². The van der Waals surface area contributed by atoms with Crippen LogP contribution in [0.1, 0.15) is 23.2 Å². The van der Waals surface area contributed by atoms with Gasteiger partial charge >= 0.3 is 0 Å². The molecular formula is C16H16N4O5S. The van der Waals surface area contributed by atoms with Crippen molar-refractivity contribution in [2.75, 3.05) is 10.6 Å². The minimum atomic E-state index is -3.90. The molecule has 3 rings (SSSR count). The Hall–Kier alpha value is -2.98. The molecule has 10 heteroatoms. The summed E-state index contributed by atoms with van der Waals surface area (Å²) in [6, 6.07) is 9.81. The summed E-state index contributed by atoms with van der Waals surface area (Å²) in [7, 11) is -3.90. The molecule has 0 bridgehead atoms. The Morgan fingerprint density at radius 3 is 2.54 bits per heavy atom. The number of benzene rings is 2. The first kappa shape index (κ1) is 17.8. The second kappa shape index (κ2) is 6.73. The number of sulfonamides is 1. The van der Waals surface area contributed by atoms with Gasteiger partial charge in [-0.3, -0.25) is 14.9 Å². The number of anilines is 2. The van der Waals surface area contributed by atoms with Gasteiger partial charge in [-0.1, -0.05) is 6.07 Å². The number of nitrogens with two attached hydrogens (primary N) is 1. The minimum absolute atomic E-state index is 0.0825. The number of carbonyl (C=O) groups excluding carboxylic acids is 1. The van der Waals surface area contributed by atoms with E-state index in [9.17, 15) is 23.3 Å². The fraction of sp³-hybridized carbons (Fsp3) is 0.188. The zero-order valence-electron chi connectivity index (χ0n) is 13.5. The molecule has 1 aliphatic carbocycles. The van der Waals surface area contributed by atoms with E-state index >= 15 is 0 Å². The third kappa shape index (κ3) is 4.16. The third-order valence-corrected chi connectivity index (χ3v) is 4.73. The highest BCUT2D eigenvalue weighted by molar-refractivity contribution is 7.89. The molecule has 0 saturated heterocycles. The summed E-state index contributed by atoms with van der Waals surface area (Å²) in [4.78, 5) is 22.9. The van der Waals surface area contributed by atoms with Crippen LogP contribution in [-0.2, 0) is 10.0 Å². The van der Waals surface area contributed by atoms with Gasteiger partial charge in [-0.15, -0.1) is 0 Å². The topological polar surface area (TPSA) is 144 Å². The van der Waals surface area contributed by atoms with E-state index in [-0.39, 0.29) is 27.9 Å². The van der Waals surface area contributed by atoms with Crippen LogP contribution >= 0.6 is 0 Å². The Balaban J connectivity index is 1.83. The Morgan fingerprint density at radius 1 is 1.19 bits per heavy atom. The van der Waals surface area contributed by atoms with Crippen LogP contribution in [0.15, 0.2) is 47.4 Å². The van der Waals surface area contributed by atoms with Crippen LogP contribution in [0, 0.1) is 10.1 Å². The molecule has 0 radical (unpaired) electrons. The standard InChI is InChI=1S/C16H16N4O5S/c17-26(24,25)13-3-1-2-12(9-13)19-16(21)10-4-7-14(18-11-5-6-11)15(8-10)20(22)23/h1-4,7-9,11,18H,5-6H2,(H,19,21)(H2,17,24,25). The van der Waals surface area contributed by atoms with Crippen molar-refractivity contribution in [2.45, 2.75) is 23.8 Å². The summed E-state index contributed by atoms with van der Waals surface area (Å²) in [5.41, 5.74) is 0.469. The molecule has 2 aromatic carbocycles. The number of nitro benzene ring substituents is 1. The highest BCUT2D eigenvalue weighted by Crippen LogP contribution is 2.31. The highest BCUT2D eigenvalue weighted by atomic mass is 32.2. The normalized spacial score (nSPS) is 13.9. The number of amides is 1. The van der Waals surface area contributed by atoms with Gasteiger partial charge in [0.05, 0.1) is 9.82 Å². The van der Waals surface area contributed by atoms with Gasteiger partial charge in [0.2, 0.25) is 10.0 Å². The first-order chi connectivity index (χ1) is 12.2. The summed E-state index contributed by atoms with van der Waals surface area (Å²) in [5, 5.41) is 21.9. The van der Waals surface area contributed by atoms with Gasteiger partial charge in [0, 0.05) is 23.4 Å². The molecule has 0 aliphatic heterocycles. The number of nitrogens with zero attached hydrogens (tertiary/aromatic N) is 1. The molecule has 4 N–H and O–H groups in total. The number of nitrogens with one attached hydrogen (secondary N) is 2. The van der Waals surface area contributed by atoms with Gasteiger partial charge < -0.3 is 10.6 Å². The molecule has 0 aromatic heterocycles. The maximum Gasteiger partial charge on any atom is 0.293 e. The first-order valence-corrected chi connectivity index (χ1v) is 9.28. The Labute approximate surface area is 149 Å². The lowest BCUT2D eigenvalue weighted by molar-refractivity contribution is -0.384. The van der Waals surface area contributed by atoms with E-state index in [4.69, 9.17) is 5.14 Å². The highest BCUT2D eigenvalue weighted by Gasteiger charge is 2.25. The lowest BCUT2D eigenvalue weighted by Crippen LogP contribution is -2.15. The van der Waals surface area contributed by atoms with Crippen LogP contribution < -0.4 is 15.8 Å². The van der Waals surface area contributed by atoms with E-state index < -0.39 is 20.9 Å². The van der Waals surface area contributed by atoms with Crippen molar-refractivity contribution in [1.82, 2.24) is 0 Å². The maximum atomic E-state index is 12.4. The van der Waals surface area contributed by atoms with E-state index in [1.54, 1.807) is 0 Å². The van der Waals surface area contributed by atoms with Crippen molar-refractivity contribution < 1.29 is 18.1 Å². The molecular weight excluding hydrogens is 360 g/mol. The number of primary sulfonamides is 1. The average molecular weight is 376 g/mol. The predicted octanol–water partition coefficient (Wildman–Crippen LogP) is 2.07. The van der Waals surface area contributed by atoms with Crippen molar-refractivity contribution in [1.29, 1.82) is 0 Å². The fourth-order valence-electron chi connectivity index (χ4n) is 2.35. The molecule has 26 heavy (non-hydrogen) atoms. The second-order valence-corrected chi connectivity index (χ2v) is 7.50. The lowest BCUT2D eigenvalue weighted by atomic mass is 10.1. The van der Waals surface area contributed by atoms with Gasteiger partial charge in [0.1, 0.15) is 5.69 Å². The van der Waals surface area contributed by atoms with Crippen LogP contribution in [0.4, 0.5) is 17.1 Å². The Morgan fingerprint density at radius 2 is 1.92 bits per heavy atom. The largest absolute Gasteiger partial charge is 0.377 e. The van der Waals surface area contributed by atoms with E-state index in [1.165, 1.54) is 42.5 Å². The van der Waals surface area contributed by atoms with Crippen molar-refractivity contribution >= 4 is 33.0 Å². The maximum absolute atomic E-state index is 12.4. The molecule has 9 nitrogen and oxygen atoms in total. The zero-order valence-corrected chi connectivity index (χ0v) is 14.3. The summed E-state index contributed by atoms with van der Waals surface area (Å²) in [6.45, 7) is 0. The van der Waals surface area contributed by atoms with E-state index in [1.807, 2.05) is 0 Å². The Bertz CT molecular complexity index is 986. The van der Waals surface area contributed by atoms with Crippen molar-refractivity contribution in [3.05, 3.63) is 58.1 Å². The molecule has 136 valence electrons. The second-order valence-electron chi connectivity index (χ2n) is 5.93. The predicted molar refractivity (Wildman–Crippen MR) is 95.5 cm³/mol. The SMILES string of the molecule is NS(=O)(=O)c1cccc(NC(=O)c2ccc(NC3CC3)c([N+](=O)[O-])c2)c1. The van der Waals surface area contributed by atoms with Gasteiger partial charge in [0.25, 0.3) is 11.6 Å². The fourth-order valence-corrected chi connectivity index (χ4v) is 2.91. The molecule has 0 spiro atoms. The summed E-state index contributed by atoms with van der Waals surface area (Å²) >= 11 is 0. The van der Waals surface area contributed by atoms with Crippen LogP contribution in [-0.4, -0.2) is 25.3 Å². The molecule has 2 aromatic rings. The molecule has 1 saturated carbocycles. The van der Waals surface area contributed by atoms with Crippen LogP contribution in [0.3, 0.4) is 0 Å². The molecule has 1 amide bonds. The quantitative estimate of drug-likeness (QED) is 0.520. The van der Waals surface area contributed by atoms with E-state index in [0.29, 0.717) is 5.69 Å². The Kier molecular flexibility index (Phi) is 4.62. The van der Waals surface area contributed by atoms with Crippen LogP contribution in [0.2, 0.25) is 0 Å². The minimum Gasteiger partial charge on any atom is -0.377 e. The van der Waals surface area contributed by atoms with Gasteiger partial charge in [-0.25, -0.2) is 13.6 Å². The van der Waals surface area contributed by atoms with Crippen LogP contribution in [0.5, 0.6) is 0 Å². The summed E-state index contributed by atoms with van der Waals surface area (Å²) < 4.78 is 22.7. The first-order valence-electron chi connectivity index (χ1n) is 7.73. The smallest absolute Gasteiger partial charge is 0.293 e. The van der Waals surface area contributed by atoms with E-state index in [2.05, 4.69) is 10.6 Å². The summed E-state index contributed by atoms with van der Waals surface area (Å²) in [5.74, 6) is -0.599. The molecule has 0 unspecified atom stereocenters. The summed E-state index contributed by atoms with van der Waals surface area (Å²) in [6.07, 6.45) is 1.92. The number of nitro groups is 1. The zero-order chi connectivity index (χ0) is 18.9. The van der Waals surface area contributed by atoms with Gasteiger partial charge in [-0.2, -0.15) is 0 Å². The van der Waals surface area contributed by atoms with Gasteiger partial charge in [-0.05, 0) is 43.2 Å². The third-order valence-electron chi connectivity index (χ3n) is 3.81. The van der Waals surface area contributed by atoms with Gasteiger partial charge in [0.15, 0.2) is 0 Å². The van der Waals surface area contributed by atoms with Crippen LogP contribution in [0.25, 0.3) is 0 Å². The molecule has 1 aliphatic rings. The number of hydrogen-bond donors (Lipinski definition) is 3. The molecule has 0 heterocycles. The average Bonchev–Trinajstić information content (AvgIpc) is 3.38. The van der Waals surface area contributed by atoms with E-state index in [0.717, 1.165) is 12.8 Å². The van der Waals surface area contributed by atoms with Crippen molar-refractivity contribution in [3.8, 4) is 0 Å². The van der Waals surface area contributed by atoms with Crippen molar-refractivity contribution in [2.24, 2.45) is 5.14 Å². The molecule has 1 fully saturated rings. The number of carbonyl (C=O) groups is 1. The molecule has 0 atom stereocenters. The number of rotatable bonds is 6. The monoisotopic (exact) mass is 376 g/mol. The number of hydrogen-bond acceptors (Lipinski definition) is 6.